The van der Waals surface area contributed by atoms with E-state index in [0.717, 1.165) is 19.6 Å². The summed E-state index contributed by atoms with van der Waals surface area (Å²) in [5.74, 6) is -0.436. The maximum absolute atomic E-state index is 12.5. The van der Waals surface area contributed by atoms with Crippen molar-refractivity contribution in [2.45, 2.75) is 19.3 Å². The average Bonchev–Trinajstić information content (AvgIpc) is 2.58. The van der Waals surface area contributed by atoms with Gasteiger partial charge >= 0.3 is 0 Å². The molecule has 3 rings (SSSR count). The van der Waals surface area contributed by atoms with Crippen molar-refractivity contribution >= 4 is 28.4 Å². The molecule has 1 amide bonds. The number of aromatic nitrogens is 2. The number of halogens is 1. The zero-order chi connectivity index (χ0) is 17.1. The first-order valence-electron chi connectivity index (χ1n) is 8.23. The molecule has 7 heteroatoms. The Morgan fingerprint density at radius 2 is 2.04 bits per heavy atom. The minimum atomic E-state index is -0.436. The second kappa shape index (κ2) is 7.32. The summed E-state index contributed by atoms with van der Waals surface area (Å²) >= 11 is 5.97. The van der Waals surface area contributed by atoms with E-state index in [4.69, 9.17) is 11.6 Å². The molecule has 0 spiro atoms. The van der Waals surface area contributed by atoms with E-state index < -0.39 is 5.91 Å². The highest BCUT2D eigenvalue weighted by Crippen LogP contribution is 2.15. The van der Waals surface area contributed by atoms with Gasteiger partial charge < -0.3 is 10.2 Å². The minimum Gasteiger partial charge on any atom is -0.349 e. The van der Waals surface area contributed by atoms with Crippen LogP contribution in [-0.4, -0.2) is 46.8 Å². The number of hydrogen-bond acceptors (Lipinski definition) is 4. The SMILES string of the molecule is Cn1nc(C(=O)NCCN2CCCCC2)c(=O)c2cc(Cl)ccc21. The lowest BCUT2D eigenvalue weighted by atomic mass is 10.1. The van der Waals surface area contributed by atoms with Gasteiger partial charge in [0.2, 0.25) is 5.43 Å². The Bertz CT molecular complexity index is 812. The normalized spacial score (nSPS) is 15.6. The molecule has 0 radical (unpaired) electrons. The number of benzene rings is 1. The topological polar surface area (TPSA) is 67.2 Å². The van der Waals surface area contributed by atoms with Crippen molar-refractivity contribution in [1.29, 1.82) is 0 Å². The van der Waals surface area contributed by atoms with Gasteiger partial charge in [-0.1, -0.05) is 18.0 Å². The summed E-state index contributed by atoms with van der Waals surface area (Å²) in [7, 11) is 1.71. The van der Waals surface area contributed by atoms with Crippen LogP contribution in [0.25, 0.3) is 10.9 Å². The first-order chi connectivity index (χ1) is 11.6. The highest BCUT2D eigenvalue weighted by molar-refractivity contribution is 6.31. The van der Waals surface area contributed by atoms with Crippen LogP contribution >= 0.6 is 11.6 Å². The van der Waals surface area contributed by atoms with Crippen molar-refractivity contribution in [1.82, 2.24) is 20.0 Å². The molecule has 1 saturated heterocycles. The summed E-state index contributed by atoms with van der Waals surface area (Å²) in [4.78, 5) is 27.2. The van der Waals surface area contributed by atoms with Crippen LogP contribution in [0.5, 0.6) is 0 Å². The van der Waals surface area contributed by atoms with Crippen molar-refractivity contribution in [3.8, 4) is 0 Å². The van der Waals surface area contributed by atoms with Crippen LogP contribution in [0.2, 0.25) is 5.02 Å². The molecule has 1 aromatic heterocycles. The number of nitrogens with zero attached hydrogens (tertiary/aromatic N) is 3. The van der Waals surface area contributed by atoms with Gasteiger partial charge in [-0.2, -0.15) is 5.10 Å². The number of likely N-dealkylation sites (tertiary alicyclic amines) is 1. The highest BCUT2D eigenvalue weighted by atomic mass is 35.5. The van der Waals surface area contributed by atoms with E-state index in [1.54, 1.807) is 25.2 Å². The number of rotatable bonds is 4. The Hall–Kier alpha value is -1.92. The fourth-order valence-corrected chi connectivity index (χ4v) is 3.26. The van der Waals surface area contributed by atoms with Gasteiger partial charge in [-0.3, -0.25) is 14.3 Å². The van der Waals surface area contributed by atoms with Gasteiger partial charge in [0, 0.05) is 25.2 Å². The van der Waals surface area contributed by atoms with Gasteiger partial charge in [0.25, 0.3) is 5.91 Å². The van der Waals surface area contributed by atoms with Crippen molar-refractivity contribution in [3.05, 3.63) is 39.1 Å². The van der Waals surface area contributed by atoms with Crippen molar-refractivity contribution in [3.63, 3.8) is 0 Å². The van der Waals surface area contributed by atoms with E-state index in [2.05, 4.69) is 15.3 Å². The Kier molecular flexibility index (Phi) is 5.16. The number of nitrogens with one attached hydrogen (secondary N) is 1. The summed E-state index contributed by atoms with van der Waals surface area (Å²) in [6.45, 7) is 3.46. The molecule has 0 unspecified atom stereocenters. The molecule has 0 aliphatic carbocycles. The molecular weight excluding hydrogens is 328 g/mol. The third-order valence-corrected chi connectivity index (χ3v) is 4.63. The monoisotopic (exact) mass is 348 g/mol. The average molecular weight is 349 g/mol. The van der Waals surface area contributed by atoms with E-state index >= 15 is 0 Å². The van der Waals surface area contributed by atoms with Gasteiger partial charge in [-0.15, -0.1) is 0 Å². The molecule has 1 N–H and O–H groups in total. The van der Waals surface area contributed by atoms with Crippen LogP contribution in [0.15, 0.2) is 23.0 Å². The summed E-state index contributed by atoms with van der Waals surface area (Å²) in [5.41, 5.74) is 0.168. The summed E-state index contributed by atoms with van der Waals surface area (Å²) < 4.78 is 1.53. The van der Waals surface area contributed by atoms with Crippen LogP contribution in [0.4, 0.5) is 0 Å². The largest absolute Gasteiger partial charge is 0.349 e. The van der Waals surface area contributed by atoms with Crippen LogP contribution in [0.3, 0.4) is 0 Å². The molecule has 1 fully saturated rings. The predicted molar refractivity (Wildman–Crippen MR) is 94.6 cm³/mol. The second-order valence-electron chi connectivity index (χ2n) is 6.12. The zero-order valence-corrected chi connectivity index (χ0v) is 14.5. The first kappa shape index (κ1) is 16.9. The third kappa shape index (κ3) is 3.60. The lowest BCUT2D eigenvalue weighted by Crippen LogP contribution is -2.39. The third-order valence-electron chi connectivity index (χ3n) is 4.39. The molecule has 24 heavy (non-hydrogen) atoms. The van der Waals surface area contributed by atoms with Gasteiger partial charge in [0.05, 0.1) is 10.9 Å². The molecule has 1 aliphatic heterocycles. The lowest BCUT2D eigenvalue weighted by Gasteiger charge is -2.26. The number of fused-ring (bicyclic) bond motifs is 1. The van der Waals surface area contributed by atoms with E-state index in [9.17, 15) is 9.59 Å². The zero-order valence-electron chi connectivity index (χ0n) is 13.7. The molecule has 2 heterocycles. The molecule has 0 bridgehead atoms. The lowest BCUT2D eigenvalue weighted by molar-refractivity contribution is 0.0938. The summed E-state index contributed by atoms with van der Waals surface area (Å²) in [5, 5.41) is 7.80. The Balaban J connectivity index is 1.74. The fourth-order valence-electron chi connectivity index (χ4n) is 3.09. The molecule has 0 atom stereocenters. The number of carbonyl (C=O) groups excluding carboxylic acids is 1. The number of piperidine rings is 1. The molecule has 2 aromatic rings. The van der Waals surface area contributed by atoms with E-state index in [1.807, 2.05) is 0 Å². The van der Waals surface area contributed by atoms with E-state index in [0.29, 0.717) is 22.5 Å². The Morgan fingerprint density at radius 3 is 2.79 bits per heavy atom. The number of hydrogen-bond donors (Lipinski definition) is 1. The number of carbonyl (C=O) groups is 1. The van der Waals surface area contributed by atoms with Crippen LogP contribution in [-0.2, 0) is 7.05 Å². The molecule has 0 saturated carbocycles. The molecular formula is C17H21ClN4O2. The summed E-state index contributed by atoms with van der Waals surface area (Å²) in [6, 6.07) is 5.00. The Labute approximate surface area is 145 Å². The first-order valence-corrected chi connectivity index (χ1v) is 8.61. The van der Waals surface area contributed by atoms with Crippen molar-refractivity contribution in [2.24, 2.45) is 7.05 Å². The molecule has 1 aromatic carbocycles. The highest BCUT2D eigenvalue weighted by Gasteiger charge is 2.17. The van der Waals surface area contributed by atoms with Gasteiger partial charge in [0.15, 0.2) is 5.69 Å². The van der Waals surface area contributed by atoms with Gasteiger partial charge in [-0.05, 0) is 44.1 Å². The molecule has 6 nitrogen and oxygen atoms in total. The van der Waals surface area contributed by atoms with Crippen LogP contribution in [0, 0.1) is 0 Å². The molecule has 1 aliphatic rings. The quantitative estimate of drug-likeness (QED) is 0.915. The molecule has 128 valence electrons. The van der Waals surface area contributed by atoms with E-state index in [1.165, 1.54) is 23.9 Å². The number of amides is 1. The Morgan fingerprint density at radius 1 is 1.29 bits per heavy atom. The predicted octanol–water partition coefficient (Wildman–Crippen LogP) is 1.80. The number of aryl methyl sites for hydroxylation is 1. The van der Waals surface area contributed by atoms with Crippen LogP contribution < -0.4 is 10.7 Å². The second-order valence-corrected chi connectivity index (χ2v) is 6.56. The van der Waals surface area contributed by atoms with Crippen molar-refractivity contribution in [2.75, 3.05) is 26.2 Å². The summed E-state index contributed by atoms with van der Waals surface area (Å²) in [6.07, 6.45) is 3.70. The van der Waals surface area contributed by atoms with Gasteiger partial charge in [-0.25, -0.2) is 0 Å². The maximum Gasteiger partial charge on any atom is 0.275 e. The van der Waals surface area contributed by atoms with E-state index in [-0.39, 0.29) is 11.1 Å². The fraction of sp³-hybridized carbons (Fsp3) is 0.471. The smallest absolute Gasteiger partial charge is 0.275 e. The minimum absolute atomic E-state index is 0.0917. The standard InChI is InChI=1S/C17H21ClN4O2/c1-21-14-6-5-12(18)11-13(14)16(23)15(20-21)17(24)19-7-10-22-8-3-2-4-9-22/h5-6,11H,2-4,7-10H2,1H3,(H,19,24). The van der Waals surface area contributed by atoms with Crippen LogP contribution in [0.1, 0.15) is 29.8 Å². The van der Waals surface area contributed by atoms with Gasteiger partial charge in [0.1, 0.15) is 0 Å². The van der Waals surface area contributed by atoms with Crippen molar-refractivity contribution < 1.29 is 4.79 Å². The maximum atomic E-state index is 12.5.